The highest BCUT2D eigenvalue weighted by atomic mass is 16.5. The zero-order chi connectivity index (χ0) is 33.3. The van der Waals surface area contributed by atoms with E-state index < -0.39 is 0 Å². The molecule has 0 saturated carbocycles. The van der Waals surface area contributed by atoms with Crippen LogP contribution in [0.3, 0.4) is 0 Å². The Morgan fingerprint density at radius 1 is 0.565 bits per heavy atom. The third-order valence-electron chi connectivity index (χ3n) is 9.04. The lowest BCUT2D eigenvalue weighted by atomic mass is 9.76. The van der Waals surface area contributed by atoms with E-state index in [2.05, 4.69) is 77.3 Å². The number of phenolic OH excluding ortho intramolecular Hbond substituents is 3. The molecule has 0 aromatic heterocycles. The zero-order valence-electron chi connectivity index (χ0n) is 27.7. The molecule has 46 heavy (non-hydrogen) atoms. The number of hydrogen-bond donors (Lipinski definition) is 3. The Hall–Kier alpha value is -4.70. The molecule has 4 heteroatoms. The maximum Gasteiger partial charge on any atom is 0.119 e. The third kappa shape index (κ3) is 8.11. The predicted molar refractivity (Wildman–Crippen MR) is 190 cm³/mol. The van der Waals surface area contributed by atoms with Gasteiger partial charge in [-0.1, -0.05) is 107 Å². The molecule has 4 nitrogen and oxygen atoms in total. The van der Waals surface area contributed by atoms with Crippen LogP contribution in [0, 0.1) is 0 Å². The zero-order valence-corrected chi connectivity index (χ0v) is 27.7. The second-order valence-electron chi connectivity index (χ2n) is 12.9. The van der Waals surface area contributed by atoms with Gasteiger partial charge in [-0.25, -0.2) is 0 Å². The highest BCUT2D eigenvalue weighted by Crippen LogP contribution is 2.37. The van der Waals surface area contributed by atoms with Crippen molar-refractivity contribution in [1.29, 1.82) is 0 Å². The lowest BCUT2D eigenvalue weighted by Crippen LogP contribution is -2.19. The number of hydrogen-bond acceptors (Lipinski definition) is 4. The van der Waals surface area contributed by atoms with Gasteiger partial charge in [0.15, 0.2) is 0 Å². The lowest BCUT2D eigenvalue weighted by Gasteiger charge is -2.27. The fourth-order valence-electron chi connectivity index (χ4n) is 5.81. The van der Waals surface area contributed by atoms with Gasteiger partial charge in [-0.15, -0.1) is 6.58 Å². The highest BCUT2D eigenvalue weighted by Gasteiger charge is 2.26. The Morgan fingerprint density at radius 3 is 1.43 bits per heavy atom. The summed E-state index contributed by atoms with van der Waals surface area (Å²) in [7, 11) is 0. The Kier molecular flexibility index (Phi) is 11.2. The maximum absolute atomic E-state index is 10.6. The van der Waals surface area contributed by atoms with Gasteiger partial charge in [-0.2, -0.15) is 0 Å². The summed E-state index contributed by atoms with van der Waals surface area (Å²) in [5, 5.41) is 31.5. The average Bonchev–Trinajstić information content (AvgIpc) is 3.04. The van der Waals surface area contributed by atoms with Gasteiger partial charge in [0, 0.05) is 10.8 Å². The predicted octanol–water partition coefficient (Wildman–Crippen LogP) is 9.87. The molecule has 0 radical (unpaired) electrons. The number of rotatable bonds is 15. The normalized spacial score (nSPS) is 11.9. The monoisotopic (exact) mass is 616 g/mol. The van der Waals surface area contributed by atoms with Crippen LogP contribution in [0.25, 0.3) is 0 Å². The highest BCUT2D eigenvalue weighted by molar-refractivity contribution is 5.48. The number of ether oxygens (including phenoxy) is 1. The van der Waals surface area contributed by atoms with Crippen molar-refractivity contribution in [3.05, 3.63) is 155 Å². The standard InChI is InChI=1S/C42H48O4/c1-7-13-30-27-35(19-23-38(30)43)42(5,6)36-20-25-40(45)32(29-36)15-12-10-9-11-14-31-28-34(18-24-39(31)44)41(3,4)33-16-21-37(22-17-33)46-26-8-2/h7-10,16-25,27-29,43-45H,1-2,11-15,26H2,3-6H3/b10-9-. The molecule has 0 aliphatic heterocycles. The van der Waals surface area contributed by atoms with E-state index in [1.807, 2.05) is 36.4 Å². The molecule has 0 aliphatic rings. The number of benzene rings is 4. The first-order valence-electron chi connectivity index (χ1n) is 16.0. The van der Waals surface area contributed by atoms with Crippen molar-refractivity contribution in [2.75, 3.05) is 6.61 Å². The molecule has 240 valence electrons. The smallest absolute Gasteiger partial charge is 0.119 e. The fourth-order valence-corrected chi connectivity index (χ4v) is 5.81. The number of aryl methyl sites for hydroxylation is 2. The Balaban J connectivity index is 1.37. The van der Waals surface area contributed by atoms with Gasteiger partial charge in [0.1, 0.15) is 29.6 Å². The molecule has 0 atom stereocenters. The molecule has 4 aromatic carbocycles. The van der Waals surface area contributed by atoms with Crippen molar-refractivity contribution in [3.63, 3.8) is 0 Å². The van der Waals surface area contributed by atoms with Crippen LogP contribution in [-0.2, 0) is 30.1 Å². The second kappa shape index (κ2) is 15.1. The van der Waals surface area contributed by atoms with Gasteiger partial charge in [-0.05, 0) is 101 Å². The molecular weight excluding hydrogens is 568 g/mol. The minimum atomic E-state index is -0.309. The van der Waals surface area contributed by atoms with Crippen LogP contribution < -0.4 is 4.74 Å². The molecular formula is C42H48O4. The van der Waals surface area contributed by atoms with Gasteiger partial charge in [0.05, 0.1) is 0 Å². The molecule has 0 unspecified atom stereocenters. The largest absolute Gasteiger partial charge is 0.508 e. The Bertz CT molecular complexity index is 1670. The first-order valence-corrected chi connectivity index (χ1v) is 16.0. The number of allylic oxidation sites excluding steroid dienone is 3. The molecule has 4 rings (SSSR count). The van der Waals surface area contributed by atoms with Gasteiger partial charge in [0.25, 0.3) is 0 Å². The summed E-state index contributed by atoms with van der Waals surface area (Å²) in [6.45, 7) is 16.7. The first-order chi connectivity index (χ1) is 22.0. The molecule has 0 bridgehead atoms. The molecule has 3 N–H and O–H groups in total. The van der Waals surface area contributed by atoms with E-state index in [0.717, 1.165) is 64.8 Å². The maximum atomic E-state index is 10.6. The van der Waals surface area contributed by atoms with Crippen molar-refractivity contribution >= 4 is 0 Å². The average molecular weight is 617 g/mol. The topological polar surface area (TPSA) is 69.9 Å². The molecule has 0 saturated heterocycles. The minimum Gasteiger partial charge on any atom is -0.508 e. The van der Waals surface area contributed by atoms with Gasteiger partial charge < -0.3 is 20.1 Å². The van der Waals surface area contributed by atoms with Crippen molar-refractivity contribution in [2.24, 2.45) is 0 Å². The lowest BCUT2D eigenvalue weighted by molar-refractivity contribution is 0.363. The number of phenols is 3. The van der Waals surface area contributed by atoms with E-state index in [9.17, 15) is 15.3 Å². The molecule has 0 spiro atoms. The minimum absolute atomic E-state index is 0.240. The van der Waals surface area contributed by atoms with Crippen LogP contribution in [0.1, 0.15) is 79.5 Å². The summed E-state index contributed by atoms with van der Waals surface area (Å²) in [4.78, 5) is 0. The summed E-state index contributed by atoms with van der Waals surface area (Å²) in [6.07, 6.45) is 11.5. The Labute approximate surface area is 275 Å². The van der Waals surface area contributed by atoms with E-state index in [-0.39, 0.29) is 16.6 Å². The quantitative estimate of drug-likeness (QED) is 0.116. The van der Waals surface area contributed by atoms with Gasteiger partial charge in [0.2, 0.25) is 0 Å². The van der Waals surface area contributed by atoms with Crippen molar-refractivity contribution in [3.8, 4) is 23.0 Å². The van der Waals surface area contributed by atoms with Crippen LogP contribution in [0.2, 0.25) is 0 Å². The Morgan fingerprint density at radius 2 is 0.978 bits per heavy atom. The summed E-state index contributed by atoms with van der Waals surface area (Å²) in [5.74, 6) is 1.71. The van der Waals surface area contributed by atoms with E-state index in [1.54, 1.807) is 30.4 Å². The van der Waals surface area contributed by atoms with Gasteiger partial charge >= 0.3 is 0 Å². The molecule has 0 fully saturated rings. The van der Waals surface area contributed by atoms with Gasteiger partial charge in [-0.3, -0.25) is 0 Å². The second-order valence-corrected chi connectivity index (χ2v) is 12.9. The van der Waals surface area contributed by atoms with Crippen LogP contribution in [0.15, 0.2) is 116 Å². The van der Waals surface area contributed by atoms with Crippen molar-refractivity contribution in [2.45, 2.75) is 70.6 Å². The van der Waals surface area contributed by atoms with Crippen molar-refractivity contribution in [1.82, 2.24) is 0 Å². The van der Waals surface area contributed by atoms with Crippen LogP contribution >= 0.6 is 0 Å². The summed E-state index contributed by atoms with van der Waals surface area (Å²) in [5.41, 5.74) is 6.67. The molecule has 0 aliphatic carbocycles. The molecule has 0 amide bonds. The molecule has 0 heterocycles. The summed E-state index contributed by atoms with van der Waals surface area (Å²) >= 11 is 0. The summed E-state index contributed by atoms with van der Waals surface area (Å²) < 4.78 is 5.64. The van der Waals surface area contributed by atoms with E-state index >= 15 is 0 Å². The first kappa shape index (κ1) is 34.2. The van der Waals surface area contributed by atoms with Crippen LogP contribution in [-0.4, -0.2) is 21.9 Å². The SMILES string of the molecule is C=CCOc1ccc(C(C)(C)c2ccc(O)c(CC/C=C\CCc3cc(C(C)(C)c4ccc(O)c(CC=C)c4)ccc3O)c2)cc1. The number of aromatic hydroxyl groups is 3. The fraction of sp³-hybridized carbons (Fsp3) is 0.286. The third-order valence-corrected chi connectivity index (χ3v) is 9.04. The van der Waals surface area contributed by atoms with Crippen LogP contribution in [0.4, 0.5) is 0 Å². The molecule has 4 aromatic rings. The van der Waals surface area contributed by atoms with Crippen LogP contribution in [0.5, 0.6) is 23.0 Å². The van der Waals surface area contributed by atoms with E-state index in [4.69, 9.17) is 4.74 Å². The van der Waals surface area contributed by atoms with Crippen molar-refractivity contribution < 1.29 is 20.1 Å². The van der Waals surface area contributed by atoms with E-state index in [1.165, 1.54) is 5.56 Å². The van der Waals surface area contributed by atoms with E-state index in [0.29, 0.717) is 24.5 Å². The summed E-state index contributed by atoms with van der Waals surface area (Å²) in [6, 6.07) is 25.7.